The van der Waals surface area contributed by atoms with Crippen molar-refractivity contribution < 1.29 is 14.3 Å². The van der Waals surface area contributed by atoms with Crippen molar-refractivity contribution >= 4 is 17.7 Å². The van der Waals surface area contributed by atoms with Gasteiger partial charge in [0.15, 0.2) is 0 Å². The molecule has 3 rings (SSSR count). The lowest BCUT2D eigenvalue weighted by molar-refractivity contribution is -0.133. The molecule has 27 heavy (non-hydrogen) atoms. The Balaban J connectivity index is 1.75. The summed E-state index contributed by atoms with van der Waals surface area (Å²) in [5.74, 6) is 1.78. The number of piperazine rings is 1. The van der Waals surface area contributed by atoms with E-state index < -0.39 is 0 Å². The van der Waals surface area contributed by atoms with Gasteiger partial charge in [0.1, 0.15) is 11.5 Å². The van der Waals surface area contributed by atoms with Gasteiger partial charge in [-0.3, -0.25) is 4.79 Å². The van der Waals surface area contributed by atoms with E-state index in [-0.39, 0.29) is 17.2 Å². The van der Waals surface area contributed by atoms with Crippen molar-refractivity contribution in [3.05, 3.63) is 54.1 Å². The van der Waals surface area contributed by atoms with Gasteiger partial charge < -0.3 is 19.7 Å². The summed E-state index contributed by atoms with van der Waals surface area (Å²) in [6.07, 6.45) is 0. The molecule has 144 valence electrons. The maximum atomic E-state index is 13.2. The first-order chi connectivity index (χ1) is 13.1. The Morgan fingerprint density at radius 2 is 1.89 bits per heavy atom. The molecular weight excluding hydrogens is 360 g/mol. The van der Waals surface area contributed by atoms with Gasteiger partial charge in [-0.15, -0.1) is 11.8 Å². The number of nitrogens with one attached hydrogen (secondary N) is 1. The van der Waals surface area contributed by atoms with Crippen LogP contribution in [0.5, 0.6) is 11.5 Å². The van der Waals surface area contributed by atoms with Gasteiger partial charge in [-0.05, 0) is 37.3 Å². The first-order valence-electron chi connectivity index (χ1n) is 9.09. The molecule has 1 heterocycles. The summed E-state index contributed by atoms with van der Waals surface area (Å²) in [4.78, 5) is 16.3. The van der Waals surface area contributed by atoms with Crippen molar-refractivity contribution in [1.29, 1.82) is 0 Å². The minimum Gasteiger partial charge on any atom is -0.497 e. The third-order valence-electron chi connectivity index (χ3n) is 4.74. The lowest BCUT2D eigenvalue weighted by Crippen LogP contribution is -2.50. The number of thioether (sulfide) groups is 1. The second-order valence-electron chi connectivity index (χ2n) is 6.43. The summed E-state index contributed by atoms with van der Waals surface area (Å²) in [5.41, 5.74) is 1.04. The van der Waals surface area contributed by atoms with Gasteiger partial charge in [0.2, 0.25) is 5.91 Å². The van der Waals surface area contributed by atoms with Gasteiger partial charge in [-0.1, -0.05) is 18.2 Å². The fourth-order valence-corrected chi connectivity index (χ4v) is 4.27. The summed E-state index contributed by atoms with van der Waals surface area (Å²) in [6, 6.07) is 15.7. The van der Waals surface area contributed by atoms with Crippen LogP contribution in [-0.4, -0.2) is 49.9 Å². The Labute approximate surface area is 165 Å². The average molecular weight is 387 g/mol. The number of amides is 1. The molecule has 2 atom stereocenters. The molecule has 1 N–H and O–H groups in total. The monoisotopic (exact) mass is 386 g/mol. The number of para-hydroxylation sites is 1. The SMILES string of the molecule is COc1ccc(SC(C)C(=O)N2CCNCC2c2ccccc2OC)cc1. The molecule has 0 bridgehead atoms. The molecule has 1 aliphatic heterocycles. The fraction of sp³-hybridized carbons (Fsp3) is 0.381. The van der Waals surface area contributed by atoms with E-state index >= 15 is 0 Å². The van der Waals surface area contributed by atoms with E-state index in [4.69, 9.17) is 9.47 Å². The predicted octanol–water partition coefficient (Wildman–Crippen LogP) is 3.36. The lowest BCUT2D eigenvalue weighted by atomic mass is 10.0. The van der Waals surface area contributed by atoms with Crippen LogP contribution in [0.3, 0.4) is 0 Å². The Bertz CT molecular complexity index is 766. The Kier molecular flexibility index (Phi) is 6.63. The van der Waals surface area contributed by atoms with E-state index in [9.17, 15) is 4.79 Å². The van der Waals surface area contributed by atoms with Gasteiger partial charge in [0.05, 0.1) is 25.5 Å². The molecule has 2 aromatic carbocycles. The van der Waals surface area contributed by atoms with E-state index in [1.54, 1.807) is 26.0 Å². The lowest BCUT2D eigenvalue weighted by Gasteiger charge is -2.38. The molecule has 1 saturated heterocycles. The quantitative estimate of drug-likeness (QED) is 0.772. The first kappa shape index (κ1) is 19.6. The molecule has 6 heteroatoms. The zero-order valence-corrected chi connectivity index (χ0v) is 16.8. The number of nitrogens with zero attached hydrogens (tertiary/aromatic N) is 1. The first-order valence-corrected chi connectivity index (χ1v) is 9.97. The summed E-state index contributed by atoms with van der Waals surface area (Å²) in [6.45, 7) is 4.19. The number of benzene rings is 2. The van der Waals surface area contributed by atoms with Gasteiger partial charge >= 0.3 is 0 Å². The maximum Gasteiger partial charge on any atom is 0.236 e. The highest BCUT2D eigenvalue weighted by Crippen LogP contribution is 2.33. The largest absolute Gasteiger partial charge is 0.497 e. The van der Waals surface area contributed by atoms with Gasteiger partial charge in [0, 0.05) is 30.1 Å². The molecule has 0 spiro atoms. The minimum atomic E-state index is -0.172. The number of carbonyl (C=O) groups is 1. The van der Waals surface area contributed by atoms with Crippen LogP contribution < -0.4 is 14.8 Å². The average Bonchev–Trinajstić information content (AvgIpc) is 2.73. The molecule has 1 aliphatic rings. The summed E-state index contributed by atoms with van der Waals surface area (Å²) in [5, 5.41) is 3.23. The van der Waals surface area contributed by atoms with Crippen LogP contribution >= 0.6 is 11.8 Å². The number of carbonyl (C=O) groups excluding carboxylic acids is 1. The number of hydrogen-bond donors (Lipinski definition) is 1. The smallest absolute Gasteiger partial charge is 0.236 e. The van der Waals surface area contributed by atoms with E-state index in [0.717, 1.165) is 35.0 Å². The predicted molar refractivity (Wildman–Crippen MR) is 109 cm³/mol. The molecule has 0 aromatic heterocycles. The molecule has 2 aromatic rings. The van der Waals surface area contributed by atoms with Crippen molar-refractivity contribution in [2.24, 2.45) is 0 Å². The van der Waals surface area contributed by atoms with Crippen LogP contribution in [0, 0.1) is 0 Å². The van der Waals surface area contributed by atoms with Gasteiger partial charge in [-0.2, -0.15) is 0 Å². The zero-order chi connectivity index (χ0) is 19.2. The molecule has 1 fully saturated rings. The van der Waals surface area contributed by atoms with E-state index in [1.807, 2.05) is 60.4 Å². The summed E-state index contributed by atoms with van der Waals surface area (Å²) in [7, 11) is 3.32. The fourth-order valence-electron chi connectivity index (χ4n) is 3.33. The van der Waals surface area contributed by atoms with Crippen LogP contribution in [0.4, 0.5) is 0 Å². The van der Waals surface area contributed by atoms with Crippen molar-refractivity contribution in [3.8, 4) is 11.5 Å². The molecule has 0 saturated carbocycles. The van der Waals surface area contributed by atoms with Crippen LogP contribution in [-0.2, 0) is 4.79 Å². The molecule has 2 unspecified atom stereocenters. The van der Waals surface area contributed by atoms with Crippen molar-refractivity contribution in [2.45, 2.75) is 23.1 Å². The molecule has 1 amide bonds. The highest BCUT2D eigenvalue weighted by atomic mass is 32.2. The zero-order valence-electron chi connectivity index (χ0n) is 16.0. The molecule has 0 aliphatic carbocycles. The van der Waals surface area contributed by atoms with Crippen molar-refractivity contribution in [3.63, 3.8) is 0 Å². The third-order valence-corrected chi connectivity index (χ3v) is 5.84. The van der Waals surface area contributed by atoms with E-state index in [1.165, 1.54) is 0 Å². The Hall–Kier alpha value is -2.18. The van der Waals surface area contributed by atoms with Crippen molar-refractivity contribution in [2.75, 3.05) is 33.9 Å². The van der Waals surface area contributed by atoms with E-state index in [0.29, 0.717) is 6.54 Å². The van der Waals surface area contributed by atoms with Crippen molar-refractivity contribution in [1.82, 2.24) is 10.2 Å². The number of methoxy groups -OCH3 is 2. The minimum absolute atomic E-state index is 0.0266. The van der Waals surface area contributed by atoms with Crippen LogP contribution in [0.2, 0.25) is 0 Å². The maximum absolute atomic E-state index is 13.2. The second kappa shape index (κ2) is 9.15. The van der Waals surface area contributed by atoms with Crippen LogP contribution in [0.1, 0.15) is 18.5 Å². The number of ether oxygens (including phenoxy) is 2. The van der Waals surface area contributed by atoms with E-state index in [2.05, 4.69) is 5.32 Å². The number of rotatable bonds is 6. The van der Waals surface area contributed by atoms with Gasteiger partial charge in [0.25, 0.3) is 0 Å². The second-order valence-corrected chi connectivity index (χ2v) is 7.84. The molecule has 5 nitrogen and oxygen atoms in total. The Morgan fingerprint density at radius 1 is 1.15 bits per heavy atom. The summed E-state index contributed by atoms with van der Waals surface area (Å²) < 4.78 is 10.7. The highest BCUT2D eigenvalue weighted by Gasteiger charge is 2.32. The Morgan fingerprint density at radius 3 is 2.59 bits per heavy atom. The molecular formula is C21H26N2O3S. The van der Waals surface area contributed by atoms with Crippen LogP contribution in [0.15, 0.2) is 53.4 Å². The van der Waals surface area contributed by atoms with Crippen LogP contribution in [0.25, 0.3) is 0 Å². The summed E-state index contributed by atoms with van der Waals surface area (Å²) >= 11 is 1.57. The number of hydrogen-bond acceptors (Lipinski definition) is 5. The van der Waals surface area contributed by atoms with Gasteiger partial charge in [-0.25, -0.2) is 0 Å². The molecule has 0 radical (unpaired) electrons. The normalized spacial score (nSPS) is 18.0. The third kappa shape index (κ3) is 4.57. The standard InChI is InChI=1S/C21H26N2O3S/c1-15(27-17-10-8-16(25-2)9-11-17)21(24)23-13-12-22-14-19(23)18-6-4-5-7-20(18)26-3/h4-11,15,19,22H,12-14H2,1-3H3. The topological polar surface area (TPSA) is 50.8 Å². The highest BCUT2D eigenvalue weighted by molar-refractivity contribution is 8.00.